The van der Waals surface area contributed by atoms with Crippen molar-refractivity contribution in [3.05, 3.63) is 23.8 Å². The summed E-state index contributed by atoms with van der Waals surface area (Å²) in [6.07, 6.45) is 2.38. The molecular formula is C14H17N3O3S2. The van der Waals surface area contributed by atoms with Crippen LogP contribution in [0.4, 0.5) is 5.13 Å². The largest absolute Gasteiger partial charge is 0.301 e. The van der Waals surface area contributed by atoms with Crippen LogP contribution in [0.2, 0.25) is 0 Å². The molecule has 1 fully saturated rings. The number of benzene rings is 1. The van der Waals surface area contributed by atoms with E-state index in [4.69, 9.17) is 0 Å². The van der Waals surface area contributed by atoms with Gasteiger partial charge in [-0.1, -0.05) is 23.5 Å². The molecule has 6 nitrogen and oxygen atoms in total. The number of sulfonamides is 1. The minimum Gasteiger partial charge on any atom is -0.301 e. The van der Waals surface area contributed by atoms with E-state index < -0.39 is 16.1 Å². The molecule has 1 unspecified atom stereocenters. The highest BCUT2D eigenvalue weighted by molar-refractivity contribution is 7.88. The number of para-hydroxylation sites is 1. The summed E-state index contributed by atoms with van der Waals surface area (Å²) in [5.74, 6) is -0.306. The number of nitrogens with zero attached hydrogens (tertiary/aromatic N) is 2. The third-order valence-corrected chi connectivity index (χ3v) is 6.01. The summed E-state index contributed by atoms with van der Waals surface area (Å²) in [6.45, 7) is 2.37. The summed E-state index contributed by atoms with van der Waals surface area (Å²) in [5, 5.41) is 3.27. The normalized spacial score (nSPS) is 19.6. The van der Waals surface area contributed by atoms with Crippen molar-refractivity contribution in [3.63, 3.8) is 0 Å². The maximum Gasteiger partial charge on any atom is 0.244 e. The monoisotopic (exact) mass is 339 g/mol. The number of anilines is 1. The molecule has 0 spiro atoms. The maximum absolute atomic E-state index is 12.4. The van der Waals surface area contributed by atoms with Crippen LogP contribution in [0, 0.1) is 6.92 Å². The zero-order chi connectivity index (χ0) is 15.9. The fraction of sp³-hybridized carbons (Fsp3) is 0.429. The van der Waals surface area contributed by atoms with E-state index in [2.05, 4.69) is 10.3 Å². The second kappa shape index (κ2) is 5.60. The van der Waals surface area contributed by atoms with E-state index in [0.29, 0.717) is 24.5 Å². The molecule has 0 radical (unpaired) electrons. The molecule has 1 N–H and O–H groups in total. The number of carbonyl (C=O) groups excluding carboxylic acids is 1. The predicted molar refractivity (Wildman–Crippen MR) is 87.6 cm³/mol. The van der Waals surface area contributed by atoms with Gasteiger partial charge in [-0.3, -0.25) is 4.79 Å². The number of rotatable bonds is 3. The van der Waals surface area contributed by atoms with Gasteiger partial charge in [0.1, 0.15) is 6.04 Å². The third-order valence-electron chi connectivity index (χ3n) is 3.78. The second-order valence-electron chi connectivity index (χ2n) is 5.46. The molecule has 22 heavy (non-hydrogen) atoms. The highest BCUT2D eigenvalue weighted by Crippen LogP contribution is 2.29. The Morgan fingerprint density at radius 1 is 1.45 bits per heavy atom. The van der Waals surface area contributed by atoms with Crippen molar-refractivity contribution in [2.24, 2.45) is 0 Å². The van der Waals surface area contributed by atoms with Gasteiger partial charge in [0.2, 0.25) is 15.9 Å². The molecule has 1 amide bonds. The molecule has 1 atom stereocenters. The van der Waals surface area contributed by atoms with Gasteiger partial charge in [0.05, 0.1) is 16.5 Å². The van der Waals surface area contributed by atoms with Crippen LogP contribution in [0.15, 0.2) is 18.2 Å². The van der Waals surface area contributed by atoms with E-state index in [-0.39, 0.29) is 5.91 Å². The molecule has 2 aromatic rings. The molecule has 1 saturated heterocycles. The van der Waals surface area contributed by atoms with Crippen LogP contribution in [0.25, 0.3) is 10.2 Å². The molecule has 118 valence electrons. The molecule has 1 aliphatic heterocycles. The van der Waals surface area contributed by atoms with Crippen LogP contribution < -0.4 is 5.32 Å². The third kappa shape index (κ3) is 2.86. The number of thiazole rings is 1. The lowest BCUT2D eigenvalue weighted by Crippen LogP contribution is -2.42. The Balaban J connectivity index is 1.82. The fourth-order valence-electron chi connectivity index (χ4n) is 2.73. The quantitative estimate of drug-likeness (QED) is 0.927. The van der Waals surface area contributed by atoms with Crippen molar-refractivity contribution in [2.45, 2.75) is 25.8 Å². The number of hydrogen-bond donors (Lipinski definition) is 1. The van der Waals surface area contributed by atoms with Crippen molar-refractivity contribution in [1.29, 1.82) is 0 Å². The van der Waals surface area contributed by atoms with Gasteiger partial charge >= 0.3 is 0 Å². The van der Waals surface area contributed by atoms with Gasteiger partial charge in [-0.15, -0.1) is 0 Å². The molecule has 2 heterocycles. The number of aryl methyl sites for hydroxylation is 1. The molecule has 3 rings (SSSR count). The lowest BCUT2D eigenvalue weighted by atomic mass is 10.2. The molecule has 0 saturated carbocycles. The molecule has 0 aliphatic carbocycles. The zero-order valence-electron chi connectivity index (χ0n) is 12.4. The van der Waals surface area contributed by atoms with Crippen molar-refractivity contribution >= 4 is 42.6 Å². The van der Waals surface area contributed by atoms with E-state index in [1.54, 1.807) is 0 Å². The first-order valence-electron chi connectivity index (χ1n) is 7.00. The maximum atomic E-state index is 12.4. The Kier molecular flexibility index (Phi) is 3.92. The van der Waals surface area contributed by atoms with Gasteiger partial charge in [0.25, 0.3) is 0 Å². The molecule has 8 heteroatoms. The van der Waals surface area contributed by atoms with Crippen LogP contribution in [0.1, 0.15) is 18.4 Å². The predicted octanol–water partition coefficient (Wildman–Crippen LogP) is 1.97. The van der Waals surface area contributed by atoms with E-state index in [1.165, 1.54) is 15.6 Å². The van der Waals surface area contributed by atoms with E-state index in [1.807, 2.05) is 25.1 Å². The van der Waals surface area contributed by atoms with Gasteiger partial charge in [-0.25, -0.2) is 13.4 Å². The number of fused-ring (bicyclic) bond motifs is 1. The minimum absolute atomic E-state index is 0.306. The van der Waals surface area contributed by atoms with E-state index >= 15 is 0 Å². The van der Waals surface area contributed by atoms with Gasteiger partial charge in [-0.2, -0.15) is 4.31 Å². The summed E-state index contributed by atoms with van der Waals surface area (Å²) < 4.78 is 25.7. The van der Waals surface area contributed by atoms with Gasteiger partial charge in [-0.05, 0) is 31.4 Å². The Morgan fingerprint density at radius 2 is 2.23 bits per heavy atom. The van der Waals surface area contributed by atoms with Crippen molar-refractivity contribution in [1.82, 2.24) is 9.29 Å². The summed E-state index contributed by atoms with van der Waals surface area (Å²) in [7, 11) is -3.36. The Labute approximate surface area is 133 Å². The van der Waals surface area contributed by atoms with Gasteiger partial charge in [0, 0.05) is 6.54 Å². The Bertz CT molecular complexity index is 829. The molecule has 0 bridgehead atoms. The van der Waals surface area contributed by atoms with Gasteiger partial charge < -0.3 is 5.32 Å². The van der Waals surface area contributed by atoms with Crippen molar-refractivity contribution in [2.75, 3.05) is 18.1 Å². The van der Waals surface area contributed by atoms with Crippen LogP contribution in [-0.2, 0) is 14.8 Å². The van der Waals surface area contributed by atoms with Crippen LogP contribution in [0.5, 0.6) is 0 Å². The average molecular weight is 339 g/mol. The Hall–Kier alpha value is -1.51. The number of aromatic nitrogens is 1. The van der Waals surface area contributed by atoms with Crippen LogP contribution >= 0.6 is 11.3 Å². The zero-order valence-corrected chi connectivity index (χ0v) is 14.0. The van der Waals surface area contributed by atoms with Gasteiger partial charge in [0.15, 0.2) is 5.13 Å². The standard InChI is InChI=1S/C14H17N3O3S2/c1-9-5-3-7-11-12(9)15-14(21-11)16-13(18)10-6-4-8-17(10)22(2,19)20/h3,5,7,10H,4,6,8H2,1-2H3,(H,15,16,18). The number of hydrogen-bond acceptors (Lipinski definition) is 5. The van der Waals surface area contributed by atoms with E-state index in [0.717, 1.165) is 22.0 Å². The first kappa shape index (κ1) is 15.4. The number of carbonyl (C=O) groups is 1. The summed E-state index contributed by atoms with van der Waals surface area (Å²) >= 11 is 1.40. The molecular weight excluding hydrogens is 322 g/mol. The topological polar surface area (TPSA) is 79.4 Å². The minimum atomic E-state index is -3.36. The molecule has 1 aromatic heterocycles. The lowest BCUT2D eigenvalue weighted by molar-refractivity contribution is -0.119. The summed E-state index contributed by atoms with van der Waals surface area (Å²) in [5.41, 5.74) is 1.92. The highest BCUT2D eigenvalue weighted by atomic mass is 32.2. The Morgan fingerprint density at radius 3 is 2.91 bits per heavy atom. The summed E-state index contributed by atoms with van der Waals surface area (Å²) in [6, 6.07) is 5.23. The first-order chi connectivity index (χ1) is 10.4. The fourth-order valence-corrected chi connectivity index (χ4v) is 4.80. The lowest BCUT2D eigenvalue weighted by Gasteiger charge is -2.20. The highest BCUT2D eigenvalue weighted by Gasteiger charge is 2.36. The first-order valence-corrected chi connectivity index (χ1v) is 9.66. The smallest absolute Gasteiger partial charge is 0.244 e. The number of amides is 1. The molecule has 1 aromatic carbocycles. The van der Waals surface area contributed by atoms with E-state index in [9.17, 15) is 13.2 Å². The SMILES string of the molecule is Cc1cccc2sc(NC(=O)C3CCCN3S(C)(=O)=O)nc12. The average Bonchev–Trinajstić information content (AvgIpc) is 3.04. The van der Waals surface area contributed by atoms with Crippen LogP contribution in [-0.4, -0.2) is 42.5 Å². The molecule has 1 aliphatic rings. The summed E-state index contributed by atoms with van der Waals surface area (Å²) in [4.78, 5) is 16.8. The number of nitrogens with one attached hydrogen (secondary N) is 1. The van der Waals surface area contributed by atoms with Crippen molar-refractivity contribution in [3.8, 4) is 0 Å². The van der Waals surface area contributed by atoms with Crippen molar-refractivity contribution < 1.29 is 13.2 Å². The second-order valence-corrected chi connectivity index (χ2v) is 8.43. The van der Waals surface area contributed by atoms with Crippen LogP contribution in [0.3, 0.4) is 0 Å².